The minimum absolute atomic E-state index is 0.00679. The fourth-order valence-electron chi connectivity index (χ4n) is 4.48. The van der Waals surface area contributed by atoms with Gasteiger partial charge in [-0.15, -0.1) is 0 Å². The lowest BCUT2D eigenvalue weighted by atomic mass is 9.95. The van der Waals surface area contributed by atoms with Gasteiger partial charge in [0, 0.05) is 44.4 Å². The van der Waals surface area contributed by atoms with Crippen LogP contribution in [0.5, 0.6) is 0 Å². The maximum absolute atomic E-state index is 13.8. The van der Waals surface area contributed by atoms with Crippen LogP contribution >= 0.6 is 23.2 Å². The molecule has 0 radical (unpaired) electrons. The third-order valence-electron chi connectivity index (χ3n) is 6.78. The molecule has 3 aromatic rings. The molecule has 0 aliphatic carbocycles. The van der Waals surface area contributed by atoms with Gasteiger partial charge in [-0.25, -0.2) is 18.6 Å². The van der Waals surface area contributed by atoms with Crippen LogP contribution in [0.25, 0.3) is 11.0 Å². The first-order valence-corrected chi connectivity index (χ1v) is 13.4. The van der Waals surface area contributed by atoms with E-state index in [0.29, 0.717) is 50.5 Å². The molecule has 1 amide bonds. The van der Waals surface area contributed by atoms with E-state index in [-0.39, 0.29) is 43.9 Å². The number of fused-ring (bicyclic) bond motifs is 1. The first-order chi connectivity index (χ1) is 18.2. The zero-order valence-electron chi connectivity index (χ0n) is 22.2. The van der Waals surface area contributed by atoms with E-state index in [1.54, 1.807) is 23.1 Å². The number of aromatic nitrogens is 2. The van der Waals surface area contributed by atoms with E-state index in [9.17, 15) is 23.5 Å². The van der Waals surface area contributed by atoms with Crippen molar-refractivity contribution in [2.75, 3.05) is 23.3 Å². The Balaban J connectivity index is 1.71. The molecule has 1 aliphatic rings. The fourth-order valence-corrected chi connectivity index (χ4v) is 5.01. The zero-order valence-corrected chi connectivity index (χ0v) is 23.7. The Kier molecular flexibility index (Phi) is 8.01. The number of benzene rings is 2. The van der Waals surface area contributed by atoms with Crippen LogP contribution in [-0.4, -0.2) is 45.5 Å². The highest BCUT2D eigenvalue weighted by Gasteiger charge is 2.35. The Morgan fingerprint density at radius 3 is 2.41 bits per heavy atom. The second-order valence-electron chi connectivity index (χ2n) is 10.6. The van der Waals surface area contributed by atoms with Gasteiger partial charge in [0.25, 0.3) is 5.92 Å². The second kappa shape index (κ2) is 10.8. The first-order valence-electron chi connectivity index (χ1n) is 12.6. The fraction of sp³-hybridized carbons (Fsp3) is 0.444. The lowest BCUT2D eigenvalue weighted by molar-refractivity contribution is -0.128. The third kappa shape index (κ3) is 6.06. The van der Waals surface area contributed by atoms with E-state index < -0.39 is 17.3 Å². The van der Waals surface area contributed by atoms with Crippen molar-refractivity contribution in [3.63, 3.8) is 0 Å². The average molecular weight is 582 g/mol. The van der Waals surface area contributed by atoms with Crippen molar-refractivity contribution in [3.05, 3.63) is 45.4 Å². The van der Waals surface area contributed by atoms with Gasteiger partial charge < -0.3 is 25.2 Å². The molecule has 2 aromatic carbocycles. The summed E-state index contributed by atoms with van der Waals surface area (Å²) in [5.41, 5.74) is 1.91. The highest BCUT2D eigenvalue weighted by Crippen LogP contribution is 2.38. The summed E-state index contributed by atoms with van der Waals surface area (Å²) in [4.78, 5) is 30.7. The Bertz CT molecular complexity index is 1430. The third-order valence-corrected chi connectivity index (χ3v) is 7.52. The van der Waals surface area contributed by atoms with Crippen LogP contribution in [0.1, 0.15) is 56.5 Å². The van der Waals surface area contributed by atoms with E-state index in [1.807, 2.05) is 32.3 Å². The number of aromatic carboxylic acids is 1. The predicted molar refractivity (Wildman–Crippen MR) is 150 cm³/mol. The normalized spacial score (nSPS) is 15.4. The van der Waals surface area contributed by atoms with Crippen LogP contribution in [0.2, 0.25) is 10.0 Å². The smallest absolute Gasteiger partial charge is 0.337 e. The predicted octanol–water partition coefficient (Wildman–Crippen LogP) is 6.70. The second-order valence-corrected chi connectivity index (χ2v) is 11.4. The van der Waals surface area contributed by atoms with Crippen LogP contribution in [0, 0.1) is 5.41 Å². The van der Waals surface area contributed by atoms with Crippen LogP contribution in [0.3, 0.4) is 0 Å². The molecule has 4 rings (SSSR count). The van der Waals surface area contributed by atoms with Gasteiger partial charge in [0.1, 0.15) is 0 Å². The van der Waals surface area contributed by atoms with Gasteiger partial charge in [-0.05, 0) is 30.7 Å². The molecule has 1 aliphatic heterocycles. The summed E-state index contributed by atoms with van der Waals surface area (Å²) < 4.78 is 29.4. The number of hydrogen-bond acceptors (Lipinski definition) is 5. The van der Waals surface area contributed by atoms with E-state index in [4.69, 9.17) is 23.2 Å². The monoisotopic (exact) mass is 581 g/mol. The molecule has 1 fully saturated rings. The Morgan fingerprint density at radius 1 is 1.15 bits per heavy atom. The zero-order chi connectivity index (χ0) is 28.7. The number of aryl methyl sites for hydroxylation is 1. The molecule has 0 saturated carbocycles. The maximum atomic E-state index is 13.8. The molecule has 1 aromatic heterocycles. The lowest BCUT2D eigenvalue weighted by Crippen LogP contribution is -2.40. The molecule has 8 nitrogen and oxygen atoms in total. The summed E-state index contributed by atoms with van der Waals surface area (Å²) in [6, 6.07) is 6.54. The Labute approximate surface area is 235 Å². The largest absolute Gasteiger partial charge is 0.478 e. The van der Waals surface area contributed by atoms with Crippen LogP contribution in [0.4, 0.5) is 26.1 Å². The number of imidazole rings is 1. The number of piperidine rings is 1. The van der Waals surface area contributed by atoms with Crippen molar-refractivity contribution in [1.29, 1.82) is 0 Å². The topological polar surface area (TPSA) is 99.5 Å². The van der Waals surface area contributed by atoms with Crippen LogP contribution in [0.15, 0.2) is 24.3 Å². The highest BCUT2D eigenvalue weighted by molar-refractivity contribution is 6.39. The maximum Gasteiger partial charge on any atom is 0.337 e. The van der Waals surface area contributed by atoms with Gasteiger partial charge >= 0.3 is 5.97 Å². The number of carbonyl (C=O) groups is 2. The number of carboxylic acids is 1. The molecule has 39 heavy (non-hydrogen) atoms. The van der Waals surface area contributed by atoms with Crippen molar-refractivity contribution < 1.29 is 23.5 Å². The first kappa shape index (κ1) is 28.9. The van der Waals surface area contributed by atoms with Crippen molar-refractivity contribution >= 4 is 63.4 Å². The molecule has 2 heterocycles. The number of alkyl halides is 2. The molecule has 0 unspecified atom stereocenters. The molecule has 3 N–H and O–H groups in total. The van der Waals surface area contributed by atoms with Gasteiger partial charge in [0.15, 0.2) is 0 Å². The van der Waals surface area contributed by atoms with E-state index in [0.717, 1.165) is 0 Å². The van der Waals surface area contributed by atoms with Crippen LogP contribution in [-0.2, 0) is 17.9 Å². The summed E-state index contributed by atoms with van der Waals surface area (Å²) >= 11 is 13.2. The standard InChI is InChI=1S/C27H31Cl2F2N5O3/c1-5-36-20-13-19(35-10-8-27(30,31)9-11-35)16(23(37)38)12-18(20)33-25(36)34-22-17(28)7-6-15(21(22)29)14-32-24(39)26(2,3)4/h6-7,12-13H,5,8-11,14H2,1-4H3,(H,32,39)(H,33,34)(H,37,38). The number of rotatable bonds is 7. The molecule has 1 saturated heterocycles. The summed E-state index contributed by atoms with van der Waals surface area (Å²) in [5, 5.41) is 16.6. The number of hydrogen-bond donors (Lipinski definition) is 3. The molecular formula is C27H31Cl2F2N5O3. The molecule has 0 spiro atoms. The van der Waals surface area contributed by atoms with Crippen LogP contribution < -0.4 is 15.5 Å². The van der Waals surface area contributed by atoms with Gasteiger partial charge in [0.2, 0.25) is 11.9 Å². The number of carbonyl (C=O) groups excluding carboxylic acids is 1. The van der Waals surface area contributed by atoms with Gasteiger partial charge in [-0.1, -0.05) is 50.0 Å². The molecule has 0 bridgehead atoms. The SMILES string of the molecule is CCn1c(Nc2c(Cl)ccc(CNC(=O)C(C)(C)C)c2Cl)nc2cc(C(=O)O)c(N3CCC(F)(F)CC3)cc21. The van der Waals surface area contributed by atoms with Crippen molar-refractivity contribution in [2.45, 2.75) is 59.5 Å². The lowest BCUT2D eigenvalue weighted by Gasteiger charge is -2.34. The number of nitrogens with zero attached hydrogens (tertiary/aromatic N) is 3. The van der Waals surface area contributed by atoms with Gasteiger partial charge in [0.05, 0.1) is 38.0 Å². The van der Waals surface area contributed by atoms with E-state index in [2.05, 4.69) is 15.6 Å². The average Bonchev–Trinajstić information content (AvgIpc) is 3.20. The molecule has 210 valence electrons. The van der Waals surface area contributed by atoms with Crippen molar-refractivity contribution in [3.8, 4) is 0 Å². The molecule has 0 atom stereocenters. The number of amides is 1. The van der Waals surface area contributed by atoms with Gasteiger partial charge in [-0.3, -0.25) is 4.79 Å². The van der Waals surface area contributed by atoms with Crippen molar-refractivity contribution in [1.82, 2.24) is 14.9 Å². The minimum Gasteiger partial charge on any atom is -0.478 e. The number of halogens is 4. The Morgan fingerprint density at radius 2 is 1.82 bits per heavy atom. The summed E-state index contributed by atoms with van der Waals surface area (Å²) in [6.45, 7) is 8.12. The molecule has 12 heteroatoms. The summed E-state index contributed by atoms with van der Waals surface area (Å²) in [7, 11) is 0. The number of carboxylic acid groups (broad SMARTS) is 1. The quantitative estimate of drug-likeness (QED) is 0.287. The van der Waals surface area contributed by atoms with Gasteiger partial charge in [-0.2, -0.15) is 0 Å². The highest BCUT2D eigenvalue weighted by atomic mass is 35.5. The van der Waals surface area contributed by atoms with E-state index in [1.165, 1.54) is 6.07 Å². The minimum atomic E-state index is -2.76. The van der Waals surface area contributed by atoms with Crippen molar-refractivity contribution in [2.24, 2.45) is 5.41 Å². The molecular weight excluding hydrogens is 551 g/mol. The summed E-state index contributed by atoms with van der Waals surface area (Å²) in [6.07, 6.45) is -0.680. The summed E-state index contributed by atoms with van der Waals surface area (Å²) in [5.74, 6) is -3.67. The Hall–Kier alpha value is -3.11. The van der Waals surface area contributed by atoms with E-state index >= 15 is 0 Å². The number of anilines is 3. The number of nitrogens with one attached hydrogen (secondary N) is 2.